The van der Waals surface area contributed by atoms with E-state index >= 15 is 0 Å². The number of urea groups is 1. The minimum absolute atomic E-state index is 0.0993. The number of amides is 3. The van der Waals surface area contributed by atoms with Gasteiger partial charge in [-0.15, -0.1) is 0 Å². The summed E-state index contributed by atoms with van der Waals surface area (Å²) in [5, 5.41) is 5.72. The molecule has 1 fully saturated rings. The largest absolute Gasteiger partial charge is 0.497 e. The van der Waals surface area contributed by atoms with Crippen molar-refractivity contribution in [2.75, 3.05) is 30.4 Å². The van der Waals surface area contributed by atoms with E-state index in [1.807, 2.05) is 73.0 Å². The molecule has 1 aliphatic heterocycles. The van der Waals surface area contributed by atoms with Gasteiger partial charge in [0.15, 0.2) is 0 Å². The van der Waals surface area contributed by atoms with E-state index in [1.165, 1.54) is 0 Å². The highest BCUT2D eigenvalue weighted by molar-refractivity contribution is 6.05. The predicted octanol–water partition coefficient (Wildman–Crippen LogP) is 3.88. The number of nitrogens with zero attached hydrogens (tertiary/aromatic N) is 2. The van der Waals surface area contributed by atoms with Crippen LogP contribution < -0.4 is 20.3 Å². The van der Waals surface area contributed by atoms with E-state index in [0.29, 0.717) is 24.3 Å². The van der Waals surface area contributed by atoms with Crippen molar-refractivity contribution in [2.24, 2.45) is 0 Å². The first-order valence-corrected chi connectivity index (χ1v) is 9.78. The molecule has 0 aliphatic carbocycles. The molecule has 7 nitrogen and oxygen atoms in total. The number of rotatable bonds is 5. The molecule has 0 unspecified atom stereocenters. The summed E-state index contributed by atoms with van der Waals surface area (Å²) in [5.41, 5.74) is 4.90. The molecule has 3 amide bonds. The summed E-state index contributed by atoms with van der Waals surface area (Å²) in [6.07, 6.45) is 0. The van der Waals surface area contributed by atoms with E-state index in [9.17, 15) is 9.59 Å². The topological polar surface area (TPSA) is 75.6 Å². The molecule has 154 valence electrons. The summed E-state index contributed by atoms with van der Waals surface area (Å²) in [7, 11) is 1.63. The van der Waals surface area contributed by atoms with Gasteiger partial charge in [0.1, 0.15) is 5.75 Å². The van der Waals surface area contributed by atoms with E-state index in [0.717, 1.165) is 28.5 Å². The van der Waals surface area contributed by atoms with Crippen LogP contribution in [0.25, 0.3) is 5.69 Å². The van der Waals surface area contributed by atoms with Crippen molar-refractivity contribution in [3.05, 3.63) is 71.5 Å². The van der Waals surface area contributed by atoms with Crippen molar-refractivity contribution in [1.82, 2.24) is 9.88 Å². The molecule has 0 radical (unpaired) electrons. The monoisotopic (exact) mass is 404 g/mol. The zero-order valence-electron chi connectivity index (χ0n) is 17.2. The van der Waals surface area contributed by atoms with Gasteiger partial charge in [0.2, 0.25) is 0 Å². The van der Waals surface area contributed by atoms with Crippen LogP contribution in [0.15, 0.2) is 54.6 Å². The van der Waals surface area contributed by atoms with Gasteiger partial charge in [-0.1, -0.05) is 0 Å². The van der Waals surface area contributed by atoms with Crippen molar-refractivity contribution in [2.45, 2.75) is 13.8 Å². The maximum absolute atomic E-state index is 12.9. The molecule has 7 heteroatoms. The van der Waals surface area contributed by atoms with E-state index < -0.39 is 0 Å². The molecule has 2 aromatic carbocycles. The van der Waals surface area contributed by atoms with Crippen LogP contribution in [0.3, 0.4) is 0 Å². The number of aryl methyl sites for hydroxylation is 1. The quantitative estimate of drug-likeness (QED) is 0.678. The third-order valence-electron chi connectivity index (χ3n) is 5.30. The lowest BCUT2D eigenvalue weighted by molar-refractivity contribution is 0.102. The molecule has 1 aromatic heterocycles. The third-order valence-corrected chi connectivity index (χ3v) is 5.30. The number of methoxy groups -OCH3 is 1. The number of ether oxygens (including phenoxy) is 1. The average Bonchev–Trinajstić information content (AvgIpc) is 3.31. The van der Waals surface area contributed by atoms with Crippen molar-refractivity contribution in [3.63, 3.8) is 0 Å². The zero-order chi connectivity index (χ0) is 21.3. The van der Waals surface area contributed by atoms with E-state index in [-0.39, 0.29) is 11.9 Å². The molecule has 0 atom stereocenters. The van der Waals surface area contributed by atoms with Gasteiger partial charge in [0.25, 0.3) is 5.91 Å². The van der Waals surface area contributed by atoms with Crippen LogP contribution in [0.5, 0.6) is 5.75 Å². The minimum Gasteiger partial charge on any atom is -0.497 e. The van der Waals surface area contributed by atoms with Crippen LogP contribution in [-0.4, -0.2) is 36.7 Å². The molecular weight excluding hydrogens is 380 g/mol. The van der Waals surface area contributed by atoms with Gasteiger partial charge < -0.3 is 19.9 Å². The number of carbonyl (C=O) groups excluding carboxylic acids is 2. The molecule has 30 heavy (non-hydrogen) atoms. The number of nitrogens with one attached hydrogen (secondary N) is 2. The normalized spacial score (nSPS) is 13.3. The standard InChI is InChI=1S/C23H24N4O3/c1-15-14-21(16(2)27(15)19-8-10-20(30-3)11-9-19)22(28)25-17-4-6-18(7-5-17)26-13-12-24-23(26)29/h4-11,14H,12-13H2,1-3H3,(H,24,29)(H,25,28). The summed E-state index contributed by atoms with van der Waals surface area (Å²) in [5.74, 6) is 0.614. The van der Waals surface area contributed by atoms with Crippen LogP contribution in [0.2, 0.25) is 0 Å². The number of hydrogen-bond donors (Lipinski definition) is 2. The van der Waals surface area contributed by atoms with Crippen molar-refractivity contribution in [3.8, 4) is 11.4 Å². The Morgan fingerprint density at radius 3 is 2.30 bits per heavy atom. The van der Waals surface area contributed by atoms with Gasteiger partial charge in [0, 0.05) is 41.5 Å². The van der Waals surface area contributed by atoms with Crippen molar-refractivity contribution >= 4 is 23.3 Å². The summed E-state index contributed by atoms with van der Waals surface area (Å²) < 4.78 is 7.27. The maximum Gasteiger partial charge on any atom is 0.321 e. The maximum atomic E-state index is 12.9. The molecule has 0 spiro atoms. The molecule has 0 saturated carbocycles. The Kier molecular flexibility index (Phi) is 5.18. The SMILES string of the molecule is COc1ccc(-n2c(C)cc(C(=O)Nc3ccc(N4CCNC4=O)cc3)c2C)cc1. The minimum atomic E-state index is -0.172. The van der Waals surface area contributed by atoms with Gasteiger partial charge in [-0.3, -0.25) is 9.69 Å². The number of anilines is 2. The molecule has 3 aromatic rings. The molecular formula is C23H24N4O3. The lowest BCUT2D eigenvalue weighted by Crippen LogP contribution is -2.27. The second kappa shape index (κ2) is 7.94. The van der Waals surface area contributed by atoms with Crippen LogP contribution in [0.4, 0.5) is 16.2 Å². The summed E-state index contributed by atoms with van der Waals surface area (Å²) in [6.45, 7) is 5.19. The van der Waals surface area contributed by atoms with Crippen LogP contribution in [0.1, 0.15) is 21.7 Å². The van der Waals surface area contributed by atoms with Gasteiger partial charge in [0.05, 0.1) is 12.7 Å². The van der Waals surface area contributed by atoms with Crippen LogP contribution in [0, 0.1) is 13.8 Å². The predicted molar refractivity (Wildman–Crippen MR) is 117 cm³/mol. The fourth-order valence-electron chi connectivity index (χ4n) is 3.76. The molecule has 2 heterocycles. The third kappa shape index (κ3) is 3.61. The highest BCUT2D eigenvalue weighted by atomic mass is 16.5. The molecule has 4 rings (SSSR count). The van der Waals surface area contributed by atoms with Gasteiger partial charge in [-0.25, -0.2) is 4.79 Å². The Bertz CT molecular complexity index is 1080. The Balaban J connectivity index is 1.53. The smallest absolute Gasteiger partial charge is 0.321 e. The Labute approximate surface area is 175 Å². The summed E-state index contributed by atoms with van der Waals surface area (Å²) in [6, 6.07) is 16.8. The Morgan fingerprint density at radius 2 is 1.70 bits per heavy atom. The number of aromatic nitrogens is 1. The van der Waals surface area contributed by atoms with Crippen molar-refractivity contribution < 1.29 is 14.3 Å². The van der Waals surface area contributed by atoms with Crippen LogP contribution >= 0.6 is 0 Å². The molecule has 0 bridgehead atoms. The van der Waals surface area contributed by atoms with Gasteiger partial charge >= 0.3 is 6.03 Å². The first-order chi connectivity index (χ1) is 14.5. The second-order valence-electron chi connectivity index (χ2n) is 7.20. The van der Waals surface area contributed by atoms with Crippen molar-refractivity contribution in [1.29, 1.82) is 0 Å². The fraction of sp³-hybridized carbons (Fsp3) is 0.217. The lowest BCUT2D eigenvalue weighted by atomic mass is 10.2. The number of benzene rings is 2. The highest BCUT2D eigenvalue weighted by Gasteiger charge is 2.21. The van der Waals surface area contributed by atoms with Gasteiger partial charge in [-0.05, 0) is 68.4 Å². The second-order valence-corrected chi connectivity index (χ2v) is 7.20. The molecule has 1 aliphatic rings. The highest BCUT2D eigenvalue weighted by Crippen LogP contribution is 2.24. The molecule has 1 saturated heterocycles. The Hall–Kier alpha value is -3.74. The zero-order valence-corrected chi connectivity index (χ0v) is 17.2. The summed E-state index contributed by atoms with van der Waals surface area (Å²) >= 11 is 0. The van der Waals surface area contributed by atoms with Gasteiger partial charge in [-0.2, -0.15) is 0 Å². The first-order valence-electron chi connectivity index (χ1n) is 9.78. The lowest BCUT2D eigenvalue weighted by Gasteiger charge is -2.15. The number of carbonyl (C=O) groups is 2. The Morgan fingerprint density at radius 1 is 1.03 bits per heavy atom. The molecule has 2 N–H and O–H groups in total. The first kappa shape index (κ1) is 19.6. The number of hydrogen-bond acceptors (Lipinski definition) is 3. The van der Waals surface area contributed by atoms with E-state index in [1.54, 1.807) is 12.0 Å². The van der Waals surface area contributed by atoms with E-state index in [4.69, 9.17) is 4.74 Å². The average molecular weight is 404 g/mol. The fourth-order valence-corrected chi connectivity index (χ4v) is 3.76. The summed E-state index contributed by atoms with van der Waals surface area (Å²) in [4.78, 5) is 26.4. The van der Waals surface area contributed by atoms with E-state index in [2.05, 4.69) is 10.6 Å². The van der Waals surface area contributed by atoms with Crippen LogP contribution in [-0.2, 0) is 0 Å².